The van der Waals surface area contributed by atoms with Gasteiger partial charge < -0.3 is 0 Å². The second-order valence-corrected chi connectivity index (χ2v) is 4.30. The van der Waals surface area contributed by atoms with E-state index in [1.807, 2.05) is 0 Å². The largest absolute Gasteiger partial charge is 0.282 e. The number of nitrogens with zero attached hydrogens (tertiary/aromatic N) is 2. The molecule has 0 saturated carbocycles. The molecule has 0 spiro atoms. The van der Waals surface area contributed by atoms with Gasteiger partial charge in [0.1, 0.15) is 5.56 Å². The molecular formula is C12H9ClN2O4. The molecule has 6 nitrogen and oxygen atoms in total. The summed E-state index contributed by atoms with van der Waals surface area (Å²) < 4.78 is 0. The van der Waals surface area contributed by atoms with Crippen molar-refractivity contribution in [2.24, 2.45) is 0 Å². The van der Waals surface area contributed by atoms with Crippen molar-refractivity contribution in [1.29, 1.82) is 0 Å². The maximum absolute atomic E-state index is 12.1. The number of imide groups is 1. The van der Waals surface area contributed by atoms with Crippen molar-refractivity contribution < 1.29 is 14.5 Å². The summed E-state index contributed by atoms with van der Waals surface area (Å²) in [7, 11) is 0. The number of carbonyl (C=O) groups excluding carboxylic acids is 2. The molecule has 0 fully saturated rings. The molecule has 0 atom stereocenters. The highest BCUT2D eigenvalue weighted by Crippen LogP contribution is 2.30. The van der Waals surface area contributed by atoms with Crippen molar-refractivity contribution in [2.75, 3.05) is 12.4 Å². The molecule has 1 aromatic rings. The van der Waals surface area contributed by atoms with E-state index in [-0.39, 0.29) is 29.2 Å². The van der Waals surface area contributed by atoms with E-state index in [1.54, 1.807) is 0 Å². The number of nitro benzene ring substituents is 1. The van der Waals surface area contributed by atoms with Gasteiger partial charge in [0, 0.05) is 11.9 Å². The number of rotatable bonds is 4. The van der Waals surface area contributed by atoms with Gasteiger partial charge in [-0.1, -0.05) is 12.6 Å². The minimum atomic E-state index is -0.682. The number of halogens is 1. The molecular weight excluding hydrogens is 272 g/mol. The lowest BCUT2D eigenvalue weighted by Gasteiger charge is -2.13. The highest BCUT2D eigenvalue weighted by atomic mass is 35.5. The van der Waals surface area contributed by atoms with Crippen LogP contribution < -0.4 is 0 Å². The van der Waals surface area contributed by atoms with E-state index in [0.717, 1.165) is 4.90 Å². The van der Waals surface area contributed by atoms with Crippen LogP contribution in [-0.4, -0.2) is 34.1 Å². The molecule has 1 aliphatic rings. The van der Waals surface area contributed by atoms with Crippen LogP contribution in [0.2, 0.25) is 0 Å². The predicted molar refractivity (Wildman–Crippen MR) is 68.3 cm³/mol. The molecule has 0 radical (unpaired) electrons. The number of hydrogen-bond donors (Lipinski definition) is 0. The van der Waals surface area contributed by atoms with Crippen molar-refractivity contribution in [1.82, 2.24) is 4.90 Å². The molecule has 0 bridgehead atoms. The fourth-order valence-corrected chi connectivity index (χ4v) is 1.96. The summed E-state index contributed by atoms with van der Waals surface area (Å²) in [5.74, 6) is -1.14. The highest BCUT2D eigenvalue weighted by molar-refractivity contribution is 6.23. The Labute approximate surface area is 113 Å². The third-order valence-electron chi connectivity index (χ3n) is 2.74. The Morgan fingerprint density at radius 3 is 2.63 bits per heavy atom. The Balaban J connectivity index is 2.47. The van der Waals surface area contributed by atoms with Crippen LogP contribution in [0.1, 0.15) is 20.7 Å². The van der Waals surface area contributed by atoms with Gasteiger partial charge in [0.25, 0.3) is 17.5 Å². The van der Waals surface area contributed by atoms with Gasteiger partial charge in [0.15, 0.2) is 0 Å². The summed E-state index contributed by atoms with van der Waals surface area (Å²) >= 11 is 5.56. The molecule has 7 heteroatoms. The quantitative estimate of drug-likeness (QED) is 0.278. The summed E-state index contributed by atoms with van der Waals surface area (Å²) in [6.07, 6.45) is 0. The lowest BCUT2D eigenvalue weighted by atomic mass is 10.1. The van der Waals surface area contributed by atoms with E-state index in [2.05, 4.69) is 6.58 Å². The summed E-state index contributed by atoms with van der Waals surface area (Å²) in [4.78, 5) is 35.3. The third kappa shape index (κ3) is 2.10. The van der Waals surface area contributed by atoms with Crippen LogP contribution >= 0.6 is 11.6 Å². The maximum Gasteiger partial charge on any atom is 0.282 e. The van der Waals surface area contributed by atoms with Gasteiger partial charge in [-0.05, 0) is 11.6 Å². The number of alkyl halides is 1. The van der Waals surface area contributed by atoms with Gasteiger partial charge in [-0.15, -0.1) is 11.6 Å². The van der Waals surface area contributed by atoms with Crippen LogP contribution in [0.25, 0.3) is 0 Å². The predicted octanol–water partition coefficient (Wildman–Crippen LogP) is 1.99. The van der Waals surface area contributed by atoms with Crippen molar-refractivity contribution in [3.8, 4) is 0 Å². The lowest BCUT2D eigenvalue weighted by Crippen LogP contribution is -2.31. The fraction of sp³-hybridized carbons (Fsp3) is 0.167. The minimum absolute atomic E-state index is 0.0347. The maximum atomic E-state index is 12.1. The van der Waals surface area contributed by atoms with E-state index >= 15 is 0 Å². The zero-order valence-corrected chi connectivity index (χ0v) is 10.5. The number of benzene rings is 1. The average molecular weight is 281 g/mol. The number of nitro groups is 1. The summed E-state index contributed by atoms with van der Waals surface area (Å²) in [6.45, 7) is 3.58. The van der Waals surface area contributed by atoms with E-state index in [9.17, 15) is 19.7 Å². The molecule has 19 heavy (non-hydrogen) atoms. The molecule has 2 amide bonds. The third-order valence-corrected chi connectivity index (χ3v) is 3.12. The van der Waals surface area contributed by atoms with E-state index in [1.165, 1.54) is 18.2 Å². The van der Waals surface area contributed by atoms with E-state index in [4.69, 9.17) is 11.6 Å². The molecule has 0 aromatic heterocycles. The Kier molecular flexibility index (Phi) is 3.35. The average Bonchev–Trinajstić information content (AvgIpc) is 2.63. The Bertz CT molecular complexity index is 612. The van der Waals surface area contributed by atoms with Gasteiger partial charge in [-0.25, -0.2) is 0 Å². The molecule has 0 N–H and O–H groups in total. The van der Waals surface area contributed by atoms with Crippen molar-refractivity contribution in [2.45, 2.75) is 0 Å². The first-order valence-electron chi connectivity index (χ1n) is 5.33. The minimum Gasteiger partial charge on any atom is -0.270 e. The topological polar surface area (TPSA) is 80.5 Å². The summed E-state index contributed by atoms with van der Waals surface area (Å²) in [6, 6.07) is 3.97. The second kappa shape index (κ2) is 4.81. The Morgan fingerprint density at radius 1 is 1.37 bits per heavy atom. The smallest absolute Gasteiger partial charge is 0.270 e. The lowest BCUT2D eigenvalue weighted by molar-refractivity contribution is -0.385. The van der Waals surface area contributed by atoms with Gasteiger partial charge in [-0.2, -0.15) is 0 Å². The standard InChI is InChI=1S/C12H9ClN2O4/c1-7(5-13)6-14-11(16)8-3-2-4-9(15(18)19)10(8)12(14)17/h2-4H,1,5-6H2. The fourth-order valence-electron chi connectivity index (χ4n) is 1.88. The molecule has 0 unspecified atom stereocenters. The van der Waals surface area contributed by atoms with Crippen molar-refractivity contribution in [3.05, 3.63) is 51.6 Å². The number of fused-ring (bicyclic) bond motifs is 1. The first-order chi connectivity index (χ1) is 8.97. The van der Waals surface area contributed by atoms with Crippen LogP contribution in [0.15, 0.2) is 30.4 Å². The van der Waals surface area contributed by atoms with Crippen molar-refractivity contribution >= 4 is 29.1 Å². The Hall–Kier alpha value is -2.21. The van der Waals surface area contributed by atoms with E-state index in [0.29, 0.717) is 5.57 Å². The molecule has 1 aromatic carbocycles. The zero-order chi connectivity index (χ0) is 14.2. The normalized spacial score (nSPS) is 13.6. The number of amides is 2. The SMILES string of the molecule is C=C(CCl)CN1C(=O)c2cccc([N+](=O)[O-])c2C1=O. The van der Waals surface area contributed by atoms with Crippen LogP contribution in [0.4, 0.5) is 5.69 Å². The zero-order valence-electron chi connectivity index (χ0n) is 9.76. The van der Waals surface area contributed by atoms with Crippen LogP contribution in [0.5, 0.6) is 0 Å². The van der Waals surface area contributed by atoms with Crippen molar-refractivity contribution in [3.63, 3.8) is 0 Å². The number of carbonyl (C=O) groups is 2. The number of hydrogen-bond acceptors (Lipinski definition) is 4. The summed E-state index contributed by atoms with van der Waals surface area (Å²) in [5, 5.41) is 10.9. The van der Waals surface area contributed by atoms with Gasteiger partial charge in [0.05, 0.1) is 17.0 Å². The molecule has 0 aliphatic carbocycles. The molecule has 2 rings (SSSR count). The van der Waals surface area contributed by atoms with Gasteiger partial charge in [-0.3, -0.25) is 24.6 Å². The van der Waals surface area contributed by atoms with Gasteiger partial charge in [0.2, 0.25) is 0 Å². The molecule has 1 aliphatic heterocycles. The van der Waals surface area contributed by atoms with Crippen LogP contribution in [-0.2, 0) is 0 Å². The van der Waals surface area contributed by atoms with Crippen LogP contribution in [0, 0.1) is 10.1 Å². The molecule has 0 saturated heterocycles. The van der Waals surface area contributed by atoms with E-state index < -0.39 is 16.7 Å². The Morgan fingerprint density at radius 2 is 2.05 bits per heavy atom. The monoisotopic (exact) mass is 280 g/mol. The first kappa shape index (κ1) is 13.2. The molecule has 1 heterocycles. The van der Waals surface area contributed by atoms with Gasteiger partial charge >= 0.3 is 0 Å². The second-order valence-electron chi connectivity index (χ2n) is 4.04. The summed E-state index contributed by atoms with van der Waals surface area (Å²) in [5.41, 5.74) is -0.00453. The van der Waals surface area contributed by atoms with Crippen LogP contribution in [0.3, 0.4) is 0 Å². The highest BCUT2D eigenvalue weighted by Gasteiger charge is 2.40. The molecule has 98 valence electrons. The first-order valence-corrected chi connectivity index (χ1v) is 5.87.